The van der Waals surface area contributed by atoms with Crippen LogP contribution in [0.3, 0.4) is 0 Å². The van der Waals surface area contributed by atoms with Crippen molar-refractivity contribution in [2.24, 2.45) is 0 Å². The minimum Gasteiger partial charge on any atom is -0.251 e. The molecule has 68 valence electrons. The van der Waals surface area contributed by atoms with Crippen molar-refractivity contribution in [3.8, 4) is 0 Å². The van der Waals surface area contributed by atoms with Crippen molar-refractivity contribution in [2.75, 3.05) is 11.5 Å². The third kappa shape index (κ3) is 2.70. The summed E-state index contributed by atoms with van der Waals surface area (Å²) in [5, 5.41) is 1.15. The lowest BCUT2D eigenvalue weighted by atomic mass is 10.0. The molecule has 11 heavy (non-hydrogen) atoms. The van der Waals surface area contributed by atoms with Gasteiger partial charge in [-0.25, -0.2) is 0 Å². The molecule has 0 spiro atoms. The Hall–Kier alpha value is 0.350. The number of rotatable bonds is 3. The first-order valence-corrected chi connectivity index (χ1v) is 6.90. The fraction of sp³-hybridized carbons (Fsp3) is 1.00. The summed E-state index contributed by atoms with van der Waals surface area (Å²) in [6, 6.07) is 0. The van der Waals surface area contributed by atoms with Crippen LogP contribution in [-0.4, -0.2) is 16.8 Å². The van der Waals surface area contributed by atoms with Gasteiger partial charge in [0.2, 0.25) is 0 Å². The summed E-state index contributed by atoms with van der Waals surface area (Å²) in [6.07, 6.45) is 7.64. The Morgan fingerprint density at radius 1 is 1.00 bits per heavy atom. The largest absolute Gasteiger partial charge is 0.251 e. The van der Waals surface area contributed by atoms with E-state index in [-0.39, 0.29) is 0 Å². The Labute approximate surface area is 74.1 Å². The van der Waals surface area contributed by atoms with Crippen molar-refractivity contribution in [2.45, 2.75) is 51.2 Å². The smallest absolute Gasteiger partial charge is 0.0137 e. The van der Waals surface area contributed by atoms with Gasteiger partial charge >= 0.3 is 0 Å². The third-order valence-electron chi connectivity index (χ3n) is 2.90. The normalized spacial score (nSPS) is 21.8. The van der Waals surface area contributed by atoms with Crippen molar-refractivity contribution < 1.29 is 0 Å². The Morgan fingerprint density at radius 3 is 2.00 bits per heavy atom. The molecule has 0 atom stereocenters. The zero-order chi connectivity index (χ0) is 8.10. The summed E-state index contributed by atoms with van der Waals surface area (Å²) < 4.78 is 0. The van der Waals surface area contributed by atoms with Gasteiger partial charge in [0.1, 0.15) is 0 Å². The van der Waals surface area contributed by atoms with Crippen LogP contribution in [0.1, 0.15) is 46.0 Å². The third-order valence-corrected chi connectivity index (χ3v) is 6.08. The zero-order valence-electron chi connectivity index (χ0n) is 7.97. The van der Waals surface area contributed by atoms with Gasteiger partial charge in [-0.15, -0.1) is 0 Å². The van der Waals surface area contributed by atoms with Crippen LogP contribution in [0.5, 0.6) is 0 Å². The van der Waals surface area contributed by atoms with Crippen molar-refractivity contribution in [1.29, 1.82) is 0 Å². The molecule has 1 aliphatic carbocycles. The molecule has 0 unspecified atom stereocenters. The van der Waals surface area contributed by atoms with Crippen molar-refractivity contribution in [3.05, 3.63) is 0 Å². The van der Waals surface area contributed by atoms with Crippen LogP contribution in [-0.2, 0) is 0 Å². The van der Waals surface area contributed by atoms with Crippen LogP contribution >= 0.6 is 10.9 Å². The molecule has 0 aliphatic heterocycles. The minimum absolute atomic E-state index is 0.426. The lowest BCUT2D eigenvalue weighted by molar-refractivity contribution is 0.514. The fourth-order valence-electron chi connectivity index (χ4n) is 2.19. The van der Waals surface area contributed by atoms with Gasteiger partial charge in [0, 0.05) is 0 Å². The predicted molar refractivity (Wildman–Crippen MR) is 56.9 cm³/mol. The van der Waals surface area contributed by atoms with Gasteiger partial charge in [-0.1, -0.05) is 33.1 Å². The first kappa shape index (κ1) is 9.44. The zero-order valence-corrected chi connectivity index (χ0v) is 8.87. The van der Waals surface area contributed by atoms with E-state index in [9.17, 15) is 0 Å². The molecule has 1 fully saturated rings. The molecule has 1 aliphatic rings. The van der Waals surface area contributed by atoms with Crippen LogP contribution in [0.4, 0.5) is 0 Å². The lowest BCUT2D eigenvalue weighted by Gasteiger charge is -2.32. The Balaban J connectivity index is 2.30. The van der Waals surface area contributed by atoms with Gasteiger partial charge in [0.05, 0.1) is 0 Å². The van der Waals surface area contributed by atoms with Gasteiger partial charge in [0.15, 0.2) is 0 Å². The van der Waals surface area contributed by atoms with E-state index in [1.54, 1.807) is 12.8 Å². The van der Waals surface area contributed by atoms with Gasteiger partial charge in [0.25, 0.3) is 0 Å². The standard InChI is InChI=1S/C10H22S/c1-3-11(4-2)10-8-6-5-7-9-10/h10-11H,3-9H2,1-2H3. The quantitative estimate of drug-likeness (QED) is 0.623. The minimum atomic E-state index is 0.426. The molecule has 0 aromatic rings. The predicted octanol–water partition coefficient (Wildman–Crippen LogP) is 3.36. The summed E-state index contributed by atoms with van der Waals surface area (Å²) in [5.41, 5.74) is 0. The van der Waals surface area contributed by atoms with Crippen molar-refractivity contribution in [3.63, 3.8) is 0 Å². The van der Waals surface area contributed by atoms with E-state index >= 15 is 0 Å². The molecule has 0 radical (unpaired) electrons. The second kappa shape index (κ2) is 5.08. The number of hydrogen-bond donors (Lipinski definition) is 1. The van der Waals surface area contributed by atoms with E-state index < -0.39 is 0 Å². The summed E-state index contributed by atoms with van der Waals surface area (Å²) in [4.78, 5) is 0. The van der Waals surface area contributed by atoms with Crippen molar-refractivity contribution in [1.82, 2.24) is 0 Å². The Kier molecular flexibility index (Phi) is 4.36. The van der Waals surface area contributed by atoms with Crippen LogP contribution in [0.2, 0.25) is 0 Å². The number of thiol groups is 1. The highest BCUT2D eigenvalue weighted by Crippen LogP contribution is 2.39. The molecular formula is C10H22S. The Bertz CT molecular complexity index is 91.0. The van der Waals surface area contributed by atoms with Crippen LogP contribution < -0.4 is 0 Å². The molecule has 1 rings (SSSR count). The highest BCUT2D eigenvalue weighted by Gasteiger charge is 2.17. The molecule has 1 heteroatoms. The molecule has 0 aromatic carbocycles. The molecule has 0 heterocycles. The molecule has 0 aromatic heterocycles. The molecule has 0 bridgehead atoms. The van der Waals surface area contributed by atoms with Gasteiger partial charge in [-0.05, 0) is 29.6 Å². The maximum atomic E-state index is 2.38. The summed E-state index contributed by atoms with van der Waals surface area (Å²) >= 11 is 0. The van der Waals surface area contributed by atoms with E-state index in [4.69, 9.17) is 0 Å². The maximum Gasteiger partial charge on any atom is -0.0137 e. The number of hydrogen-bond acceptors (Lipinski definition) is 0. The van der Waals surface area contributed by atoms with E-state index in [0.29, 0.717) is 10.9 Å². The van der Waals surface area contributed by atoms with Gasteiger partial charge in [-0.3, -0.25) is 10.9 Å². The van der Waals surface area contributed by atoms with Crippen LogP contribution in [0.25, 0.3) is 0 Å². The molecule has 0 nitrogen and oxygen atoms in total. The molecular weight excluding hydrogens is 152 g/mol. The Morgan fingerprint density at radius 2 is 1.55 bits per heavy atom. The first-order valence-electron chi connectivity index (χ1n) is 5.12. The summed E-state index contributed by atoms with van der Waals surface area (Å²) in [6.45, 7) is 4.76. The van der Waals surface area contributed by atoms with E-state index in [0.717, 1.165) is 5.25 Å². The molecule has 0 N–H and O–H groups in total. The highest BCUT2D eigenvalue weighted by atomic mass is 32.2. The van der Waals surface area contributed by atoms with Gasteiger partial charge in [-0.2, -0.15) is 0 Å². The average Bonchev–Trinajstić information content (AvgIpc) is 2.09. The highest BCUT2D eigenvalue weighted by molar-refractivity contribution is 8.17. The topological polar surface area (TPSA) is 0 Å². The van der Waals surface area contributed by atoms with E-state index in [1.165, 1.54) is 30.8 Å². The van der Waals surface area contributed by atoms with Crippen LogP contribution in [0.15, 0.2) is 0 Å². The molecule has 0 amide bonds. The summed E-state index contributed by atoms with van der Waals surface area (Å²) in [7, 11) is 0.426. The first-order chi connectivity index (χ1) is 5.38. The van der Waals surface area contributed by atoms with Gasteiger partial charge < -0.3 is 0 Å². The lowest BCUT2D eigenvalue weighted by Crippen LogP contribution is -2.15. The second-order valence-corrected chi connectivity index (χ2v) is 6.69. The SMILES string of the molecule is CC[SH](CC)C1CCCCC1. The maximum absolute atomic E-state index is 2.38. The van der Waals surface area contributed by atoms with Crippen LogP contribution in [0, 0.1) is 0 Å². The fourth-order valence-corrected chi connectivity index (χ4v) is 4.76. The second-order valence-electron chi connectivity index (χ2n) is 3.51. The van der Waals surface area contributed by atoms with E-state index in [2.05, 4.69) is 13.8 Å². The molecule has 1 saturated carbocycles. The summed E-state index contributed by atoms with van der Waals surface area (Å²) in [5.74, 6) is 2.94. The van der Waals surface area contributed by atoms with E-state index in [1.807, 2.05) is 0 Å². The average molecular weight is 174 g/mol. The van der Waals surface area contributed by atoms with Crippen molar-refractivity contribution >= 4 is 10.9 Å². The molecule has 0 saturated heterocycles. The monoisotopic (exact) mass is 174 g/mol.